The zero-order valence-corrected chi connectivity index (χ0v) is 12.8. The fourth-order valence-corrected chi connectivity index (χ4v) is 2.06. The van der Waals surface area contributed by atoms with Crippen molar-refractivity contribution in [1.82, 2.24) is 20.2 Å². The van der Waals surface area contributed by atoms with Crippen molar-refractivity contribution in [3.63, 3.8) is 0 Å². The second kappa shape index (κ2) is 6.86. The average Bonchev–Trinajstić information content (AvgIpc) is 3.03. The predicted molar refractivity (Wildman–Crippen MR) is 84.2 cm³/mol. The number of benzene rings is 2. The first-order valence-electron chi connectivity index (χ1n) is 7.15. The third-order valence-corrected chi connectivity index (χ3v) is 3.15. The van der Waals surface area contributed by atoms with Gasteiger partial charge in [-0.05, 0) is 59.0 Å². The van der Waals surface area contributed by atoms with Gasteiger partial charge in [-0.3, -0.25) is 4.79 Å². The lowest BCUT2D eigenvalue weighted by atomic mass is 10.3. The molecule has 0 aliphatic carbocycles. The number of tetrazole rings is 1. The first kappa shape index (κ1) is 15.6. The second-order valence-corrected chi connectivity index (χ2v) is 4.98. The average molecular weight is 327 g/mol. The first-order chi connectivity index (χ1) is 11.6. The van der Waals surface area contributed by atoms with Crippen molar-refractivity contribution in [2.45, 2.75) is 13.5 Å². The van der Waals surface area contributed by atoms with E-state index in [9.17, 15) is 9.18 Å². The van der Waals surface area contributed by atoms with Gasteiger partial charge in [-0.1, -0.05) is 0 Å². The van der Waals surface area contributed by atoms with E-state index in [2.05, 4.69) is 20.8 Å². The van der Waals surface area contributed by atoms with Crippen LogP contribution in [0.4, 0.5) is 10.1 Å². The normalized spacial score (nSPS) is 10.4. The Morgan fingerprint density at radius 3 is 2.54 bits per heavy atom. The van der Waals surface area contributed by atoms with E-state index in [4.69, 9.17) is 4.74 Å². The van der Waals surface area contributed by atoms with Crippen LogP contribution in [0.15, 0.2) is 48.5 Å². The van der Waals surface area contributed by atoms with Crippen LogP contribution in [0.25, 0.3) is 5.69 Å². The van der Waals surface area contributed by atoms with Gasteiger partial charge in [-0.2, -0.15) is 4.68 Å². The molecule has 0 atom stereocenters. The molecular weight excluding hydrogens is 313 g/mol. The lowest BCUT2D eigenvalue weighted by Crippen LogP contribution is -2.07. The molecule has 3 rings (SSSR count). The Kier molecular flexibility index (Phi) is 4.46. The van der Waals surface area contributed by atoms with Gasteiger partial charge < -0.3 is 10.1 Å². The minimum Gasteiger partial charge on any atom is -0.486 e. The van der Waals surface area contributed by atoms with Crippen molar-refractivity contribution in [2.75, 3.05) is 5.32 Å². The minimum absolute atomic E-state index is 0.137. The van der Waals surface area contributed by atoms with E-state index in [-0.39, 0.29) is 18.3 Å². The number of amides is 1. The van der Waals surface area contributed by atoms with E-state index in [0.29, 0.717) is 22.9 Å². The van der Waals surface area contributed by atoms with Crippen LogP contribution in [0.3, 0.4) is 0 Å². The fraction of sp³-hybridized carbons (Fsp3) is 0.125. The Bertz CT molecular complexity index is 830. The SMILES string of the molecule is CC(=O)Nc1ccc(OCc2nnnn2-c2ccc(F)cc2)cc1. The molecule has 1 heterocycles. The summed E-state index contributed by atoms with van der Waals surface area (Å²) in [7, 11) is 0. The Balaban J connectivity index is 1.68. The molecule has 122 valence electrons. The van der Waals surface area contributed by atoms with E-state index < -0.39 is 0 Å². The molecule has 0 saturated heterocycles. The molecule has 1 aromatic heterocycles. The Hall–Kier alpha value is -3.29. The molecule has 7 nitrogen and oxygen atoms in total. The Labute approximate surface area is 137 Å². The molecule has 0 bridgehead atoms. The number of carbonyl (C=O) groups is 1. The molecule has 3 aromatic rings. The highest BCUT2D eigenvalue weighted by Gasteiger charge is 2.09. The maximum atomic E-state index is 13.0. The minimum atomic E-state index is -0.330. The monoisotopic (exact) mass is 327 g/mol. The van der Waals surface area contributed by atoms with Gasteiger partial charge in [-0.15, -0.1) is 5.10 Å². The number of ether oxygens (including phenoxy) is 1. The lowest BCUT2D eigenvalue weighted by molar-refractivity contribution is -0.114. The number of rotatable bonds is 5. The molecule has 8 heteroatoms. The third-order valence-electron chi connectivity index (χ3n) is 3.15. The highest BCUT2D eigenvalue weighted by molar-refractivity contribution is 5.88. The van der Waals surface area contributed by atoms with Crippen LogP contribution >= 0.6 is 0 Å². The topological polar surface area (TPSA) is 81.9 Å². The van der Waals surface area contributed by atoms with E-state index in [1.54, 1.807) is 36.4 Å². The van der Waals surface area contributed by atoms with Crippen LogP contribution in [0.2, 0.25) is 0 Å². The van der Waals surface area contributed by atoms with Crippen LogP contribution in [0, 0.1) is 5.82 Å². The van der Waals surface area contributed by atoms with Crippen LogP contribution < -0.4 is 10.1 Å². The van der Waals surface area contributed by atoms with Gasteiger partial charge in [0.05, 0.1) is 5.69 Å². The molecule has 1 amide bonds. The number of aromatic nitrogens is 4. The molecule has 0 fully saturated rings. The summed E-state index contributed by atoms with van der Waals surface area (Å²) in [4.78, 5) is 11.0. The molecule has 0 spiro atoms. The summed E-state index contributed by atoms with van der Waals surface area (Å²) in [5.74, 6) is 0.622. The molecule has 24 heavy (non-hydrogen) atoms. The smallest absolute Gasteiger partial charge is 0.221 e. The van der Waals surface area contributed by atoms with E-state index >= 15 is 0 Å². The largest absolute Gasteiger partial charge is 0.486 e. The second-order valence-electron chi connectivity index (χ2n) is 4.98. The predicted octanol–water partition coefficient (Wildman–Crippen LogP) is 2.34. The van der Waals surface area contributed by atoms with E-state index in [1.807, 2.05) is 0 Å². The third kappa shape index (κ3) is 3.72. The fourth-order valence-electron chi connectivity index (χ4n) is 2.06. The quantitative estimate of drug-likeness (QED) is 0.778. The number of nitrogens with zero attached hydrogens (tertiary/aromatic N) is 4. The highest BCUT2D eigenvalue weighted by atomic mass is 19.1. The molecular formula is C16H14FN5O2. The molecule has 0 unspecified atom stereocenters. The van der Waals surface area contributed by atoms with Crippen molar-refractivity contribution in [2.24, 2.45) is 0 Å². The lowest BCUT2D eigenvalue weighted by Gasteiger charge is -2.08. The maximum Gasteiger partial charge on any atom is 0.221 e. The van der Waals surface area contributed by atoms with Crippen LogP contribution in [-0.2, 0) is 11.4 Å². The number of carbonyl (C=O) groups excluding carboxylic acids is 1. The number of hydrogen-bond donors (Lipinski definition) is 1. The van der Waals surface area contributed by atoms with Gasteiger partial charge in [0.25, 0.3) is 0 Å². The summed E-state index contributed by atoms with van der Waals surface area (Å²) >= 11 is 0. The Morgan fingerprint density at radius 2 is 1.88 bits per heavy atom. The highest BCUT2D eigenvalue weighted by Crippen LogP contribution is 2.17. The number of nitrogens with one attached hydrogen (secondary N) is 1. The maximum absolute atomic E-state index is 13.0. The zero-order chi connectivity index (χ0) is 16.9. The molecule has 2 aromatic carbocycles. The van der Waals surface area contributed by atoms with Crippen LogP contribution in [-0.4, -0.2) is 26.1 Å². The standard InChI is InChI=1S/C16H14FN5O2/c1-11(23)18-13-4-8-15(9-5-13)24-10-16-19-20-21-22(16)14-6-2-12(17)3-7-14/h2-9H,10H2,1H3,(H,18,23). The van der Waals surface area contributed by atoms with Gasteiger partial charge in [0.15, 0.2) is 5.82 Å². The van der Waals surface area contributed by atoms with Crippen molar-refractivity contribution >= 4 is 11.6 Å². The number of halogens is 1. The molecule has 1 N–H and O–H groups in total. The van der Waals surface area contributed by atoms with Gasteiger partial charge in [0.2, 0.25) is 5.91 Å². The van der Waals surface area contributed by atoms with Crippen molar-refractivity contribution in [1.29, 1.82) is 0 Å². The van der Waals surface area contributed by atoms with Crippen molar-refractivity contribution < 1.29 is 13.9 Å². The van der Waals surface area contributed by atoms with Crippen molar-refractivity contribution in [3.8, 4) is 11.4 Å². The summed E-state index contributed by atoms with van der Waals surface area (Å²) in [5, 5.41) is 14.1. The number of hydrogen-bond acceptors (Lipinski definition) is 5. The summed E-state index contributed by atoms with van der Waals surface area (Å²) in [6, 6.07) is 12.8. The molecule has 0 saturated carbocycles. The zero-order valence-electron chi connectivity index (χ0n) is 12.8. The Morgan fingerprint density at radius 1 is 1.17 bits per heavy atom. The first-order valence-corrected chi connectivity index (χ1v) is 7.15. The molecule has 0 aliphatic heterocycles. The van der Waals surface area contributed by atoms with E-state index in [1.165, 1.54) is 23.7 Å². The molecule has 0 aliphatic rings. The van der Waals surface area contributed by atoms with Crippen LogP contribution in [0.1, 0.15) is 12.7 Å². The summed E-state index contributed by atoms with van der Waals surface area (Å²) < 4.78 is 20.1. The van der Waals surface area contributed by atoms with Gasteiger partial charge in [0, 0.05) is 12.6 Å². The summed E-state index contributed by atoms with van der Waals surface area (Å²) in [5.41, 5.74) is 1.33. The summed E-state index contributed by atoms with van der Waals surface area (Å²) in [6.07, 6.45) is 0. The van der Waals surface area contributed by atoms with Crippen LogP contribution in [0.5, 0.6) is 5.75 Å². The van der Waals surface area contributed by atoms with Gasteiger partial charge in [-0.25, -0.2) is 4.39 Å². The van der Waals surface area contributed by atoms with Gasteiger partial charge in [0.1, 0.15) is 18.2 Å². The van der Waals surface area contributed by atoms with Gasteiger partial charge >= 0.3 is 0 Å². The van der Waals surface area contributed by atoms with Crippen molar-refractivity contribution in [3.05, 3.63) is 60.2 Å². The number of anilines is 1. The molecule has 0 radical (unpaired) electrons. The van der Waals surface area contributed by atoms with E-state index in [0.717, 1.165) is 0 Å². The summed E-state index contributed by atoms with van der Waals surface area (Å²) in [6.45, 7) is 1.59.